The van der Waals surface area contributed by atoms with E-state index in [4.69, 9.17) is 18.9 Å². The normalized spacial score (nSPS) is 52.9. The molecule has 0 amide bonds. The van der Waals surface area contributed by atoms with Crippen molar-refractivity contribution >= 4 is 11.9 Å². The predicted molar refractivity (Wildman–Crippen MR) is 199 cm³/mol. The number of carboxylic acids is 1. The van der Waals surface area contributed by atoms with E-state index in [0.29, 0.717) is 32.1 Å². The quantitative estimate of drug-likeness (QED) is 0.104. The lowest BCUT2D eigenvalue weighted by Crippen LogP contribution is -2.68. The standard InChI is InChI=1S/C42H66O15/c1-37(2)12-14-42(36(53)57-34-29(49)26(46)25(45)22(18-43)54-34)15-13-40(6)19(20(42)16-37)8-9-24-39(5)17-21(44)32(38(3,4)23(39)10-11-41(24,40)7)56-35-30(50)27(47)28(48)31(55-35)33(51)52/h8,20-32,34-35,43-50H,9-18H2,1-7H3,(H,51,52)/t20-,21+,22-,23-,24+,25-,26+,27+,28-,29-,30-,31-,32-,34+,35-,39-,40+,41+,42-/m0/s1. The largest absolute Gasteiger partial charge is 0.479 e. The summed E-state index contributed by atoms with van der Waals surface area (Å²) in [7, 11) is 0. The highest BCUT2D eigenvalue weighted by atomic mass is 16.7. The minimum Gasteiger partial charge on any atom is -0.479 e. The van der Waals surface area contributed by atoms with Gasteiger partial charge in [-0.3, -0.25) is 4.79 Å². The van der Waals surface area contributed by atoms with Gasteiger partial charge in [0.25, 0.3) is 0 Å². The number of carbonyl (C=O) groups is 2. The van der Waals surface area contributed by atoms with Gasteiger partial charge in [0.1, 0.15) is 42.7 Å². The Morgan fingerprint density at radius 1 is 0.754 bits per heavy atom. The molecule has 0 bridgehead atoms. The van der Waals surface area contributed by atoms with Crippen molar-refractivity contribution in [3.05, 3.63) is 11.6 Å². The second-order valence-electron chi connectivity index (χ2n) is 20.9. The van der Waals surface area contributed by atoms with Crippen LogP contribution in [0.5, 0.6) is 0 Å². The minimum atomic E-state index is -1.86. The summed E-state index contributed by atoms with van der Waals surface area (Å²) in [6.45, 7) is 14.8. The van der Waals surface area contributed by atoms with E-state index in [0.717, 1.165) is 25.7 Å². The highest BCUT2D eigenvalue weighted by Crippen LogP contribution is 2.76. The Bertz CT molecular complexity index is 1600. The molecule has 0 aromatic heterocycles. The Hall–Kier alpha value is -1.76. The van der Waals surface area contributed by atoms with Crippen LogP contribution < -0.4 is 0 Å². The SMILES string of the molecule is CC1(C)CC[C@]2(C(=O)O[C@H]3O[C@@H](CO)[C@H](O)[C@@H](O)[C@@H]3O)CC[C@]3(C)C(=CC[C@@H]4[C@@]5(C)C[C@@H](O)[C@H](O[C@@H]6O[C@H](C(=O)O)[C@@H](O)[C@@H](O)[C@@H]6O)C(C)(C)[C@@H]5CC[C@]43C)[C@@H]2C1. The van der Waals surface area contributed by atoms with Gasteiger partial charge in [-0.2, -0.15) is 0 Å². The molecule has 19 atom stereocenters. The number of carbonyl (C=O) groups excluding carboxylic acids is 1. The minimum absolute atomic E-state index is 0.0337. The maximum atomic E-state index is 14.6. The van der Waals surface area contributed by atoms with Crippen LogP contribution in [0.3, 0.4) is 0 Å². The number of aliphatic carboxylic acids is 1. The summed E-state index contributed by atoms with van der Waals surface area (Å²) in [5.41, 5.74) is -1.37. The van der Waals surface area contributed by atoms with E-state index in [1.54, 1.807) is 0 Å². The Morgan fingerprint density at radius 2 is 1.39 bits per heavy atom. The van der Waals surface area contributed by atoms with E-state index in [2.05, 4.69) is 40.7 Å². The third kappa shape index (κ3) is 6.39. The third-order valence-electron chi connectivity index (χ3n) is 17.1. The molecular formula is C42H66O15. The van der Waals surface area contributed by atoms with E-state index in [-0.39, 0.29) is 39.4 Å². The maximum Gasteiger partial charge on any atom is 0.335 e. The highest BCUT2D eigenvalue weighted by molar-refractivity contribution is 5.79. The first-order valence-electron chi connectivity index (χ1n) is 20.9. The third-order valence-corrected chi connectivity index (χ3v) is 17.1. The summed E-state index contributed by atoms with van der Waals surface area (Å²) < 4.78 is 23.3. The van der Waals surface area contributed by atoms with Crippen LogP contribution >= 0.6 is 0 Å². The average Bonchev–Trinajstić information content (AvgIpc) is 3.13. The first-order valence-corrected chi connectivity index (χ1v) is 20.9. The smallest absolute Gasteiger partial charge is 0.335 e. The Kier molecular flexibility index (Phi) is 11.0. The molecule has 2 aliphatic heterocycles. The maximum absolute atomic E-state index is 14.6. The van der Waals surface area contributed by atoms with Gasteiger partial charge in [0, 0.05) is 0 Å². The average molecular weight is 811 g/mol. The molecule has 57 heavy (non-hydrogen) atoms. The van der Waals surface area contributed by atoms with Crippen LogP contribution in [0.1, 0.15) is 106 Å². The van der Waals surface area contributed by atoms with E-state index in [1.807, 2.05) is 13.8 Å². The summed E-state index contributed by atoms with van der Waals surface area (Å²) in [6.07, 6.45) is -10.0. The number of carboxylic acid groups (broad SMARTS) is 1. The topological polar surface area (TPSA) is 253 Å². The zero-order valence-electron chi connectivity index (χ0n) is 34.3. The van der Waals surface area contributed by atoms with Crippen molar-refractivity contribution in [3.8, 4) is 0 Å². The molecule has 0 unspecified atom stereocenters. The van der Waals surface area contributed by atoms with Crippen molar-refractivity contribution < 1.29 is 74.5 Å². The second kappa shape index (κ2) is 14.4. The molecule has 15 heteroatoms. The number of fused-ring (bicyclic) bond motifs is 7. The van der Waals surface area contributed by atoms with Crippen LogP contribution in [0.15, 0.2) is 11.6 Å². The van der Waals surface area contributed by atoms with E-state index in [1.165, 1.54) is 5.57 Å². The number of hydrogen-bond acceptors (Lipinski definition) is 14. The zero-order valence-corrected chi connectivity index (χ0v) is 34.3. The molecule has 7 rings (SSSR count). The van der Waals surface area contributed by atoms with E-state index < -0.39 is 103 Å². The zero-order chi connectivity index (χ0) is 42.0. The van der Waals surface area contributed by atoms with Crippen LogP contribution in [0.4, 0.5) is 0 Å². The molecule has 324 valence electrons. The summed E-state index contributed by atoms with van der Waals surface area (Å²) in [5.74, 6) is -2.03. The Morgan fingerprint density at radius 3 is 2.04 bits per heavy atom. The molecule has 5 aliphatic carbocycles. The number of rotatable bonds is 6. The number of aliphatic hydroxyl groups is 8. The molecule has 0 spiro atoms. The number of ether oxygens (including phenoxy) is 4. The number of aliphatic hydroxyl groups excluding tert-OH is 8. The van der Waals surface area contributed by atoms with Crippen LogP contribution in [0.25, 0.3) is 0 Å². The lowest BCUT2D eigenvalue weighted by atomic mass is 9.33. The van der Waals surface area contributed by atoms with E-state index >= 15 is 0 Å². The number of hydrogen-bond donors (Lipinski definition) is 9. The molecular weight excluding hydrogens is 744 g/mol. The molecule has 7 aliphatic rings. The lowest BCUT2D eigenvalue weighted by Gasteiger charge is -2.71. The van der Waals surface area contributed by atoms with Crippen molar-refractivity contribution in [1.82, 2.24) is 0 Å². The van der Waals surface area contributed by atoms with Crippen LogP contribution in [0, 0.1) is 50.2 Å². The molecule has 4 saturated carbocycles. The van der Waals surface area contributed by atoms with E-state index in [9.17, 15) is 55.5 Å². The van der Waals surface area contributed by atoms with Gasteiger partial charge in [0.15, 0.2) is 12.4 Å². The van der Waals surface area contributed by atoms with Crippen LogP contribution in [-0.2, 0) is 28.5 Å². The van der Waals surface area contributed by atoms with Crippen LogP contribution in [0.2, 0.25) is 0 Å². The molecule has 0 aromatic rings. The first kappa shape index (κ1) is 43.3. The Labute approximate surface area is 334 Å². The summed E-state index contributed by atoms with van der Waals surface area (Å²) >= 11 is 0. The molecule has 9 N–H and O–H groups in total. The number of esters is 1. The van der Waals surface area contributed by atoms with Crippen LogP contribution in [-0.4, -0.2) is 138 Å². The monoisotopic (exact) mass is 810 g/mol. The van der Waals surface area contributed by atoms with Crippen molar-refractivity contribution in [1.29, 1.82) is 0 Å². The van der Waals surface area contributed by atoms with Gasteiger partial charge in [0.2, 0.25) is 6.29 Å². The fourth-order valence-electron chi connectivity index (χ4n) is 13.7. The van der Waals surface area contributed by atoms with Gasteiger partial charge < -0.3 is 64.9 Å². The molecule has 2 heterocycles. The molecule has 15 nitrogen and oxygen atoms in total. The van der Waals surface area contributed by atoms with Crippen molar-refractivity contribution in [2.45, 2.75) is 180 Å². The first-order chi connectivity index (χ1) is 26.4. The van der Waals surface area contributed by atoms with Gasteiger partial charge in [-0.1, -0.05) is 60.1 Å². The molecule has 0 aromatic carbocycles. The predicted octanol–water partition coefficient (Wildman–Crippen LogP) is 1.38. The van der Waals surface area contributed by atoms with Gasteiger partial charge in [0.05, 0.1) is 24.2 Å². The van der Waals surface area contributed by atoms with Crippen molar-refractivity contribution in [2.24, 2.45) is 50.2 Å². The Balaban J connectivity index is 1.17. The molecule has 6 fully saturated rings. The molecule has 0 radical (unpaired) electrons. The van der Waals surface area contributed by atoms with Gasteiger partial charge in [-0.25, -0.2) is 4.79 Å². The second-order valence-corrected chi connectivity index (χ2v) is 20.9. The van der Waals surface area contributed by atoms with Gasteiger partial charge >= 0.3 is 11.9 Å². The van der Waals surface area contributed by atoms with Crippen molar-refractivity contribution in [2.75, 3.05) is 6.61 Å². The lowest BCUT2D eigenvalue weighted by molar-refractivity contribution is -0.336. The summed E-state index contributed by atoms with van der Waals surface area (Å²) in [4.78, 5) is 26.4. The fourth-order valence-corrected chi connectivity index (χ4v) is 13.7. The number of allylic oxidation sites excluding steroid dienone is 2. The van der Waals surface area contributed by atoms with Crippen molar-refractivity contribution in [3.63, 3.8) is 0 Å². The van der Waals surface area contributed by atoms with Gasteiger partial charge in [-0.05, 0) is 103 Å². The summed E-state index contributed by atoms with van der Waals surface area (Å²) in [6, 6.07) is 0. The highest BCUT2D eigenvalue weighted by Gasteiger charge is 2.71. The summed E-state index contributed by atoms with van der Waals surface area (Å²) in [5, 5.41) is 94.4. The van der Waals surface area contributed by atoms with Gasteiger partial charge in [-0.15, -0.1) is 0 Å². The fraction of sp³-hybridized carbons (Fsp3) is 0.905. The molecule has 2 saturated heterocycles.